The first-order chi connectivity index (χ1) is 13.3. The molecule has 3 rings (SSSR count). The van der Waals surface area contributed by atoms with Crippen LogP contribution in [0.4, 0.5) is 5.69 Å². The van der Waals surface area contributed by atoms with Gasteiger partial charge in [0.1, 0.15) is 5.75 Å². The first-order valence-corrected chi connectivity index (χ1v) is 9.02. The molecule has 0 unspecified atom stereocenters. The van der Waals surface area contributed by atoms with Gasteiger partial charge < -0.3 is 14.6 Å². The number of anilines is 1. The van der Waals surface area contributed by atoms with E-state index in [1.165, 1.54) is 0 Å². The molecule has 0 bridgehead atoms. The van der Waals surface area contributed by atoms with Gasteiger partial charge in [-0.05, 0) is 62.4 Å². The number of ether oxygens (including phenoxy) is 1. The molecule has 1 aromatic heterocycles. The molecule has 0 saturated carbocycles. The lowest BCUT2D eigenvalue weighted by atomic mass is 10.1. The number of halogens is 1. The molecule has 1 N–H and O–H groups in total. The molecular weight excluding hydrogens is 378 g/mol. The number of carbonyl (C=O) groups is 2. The van der Waals surface area contributed by atoms with Gasteiger partial charge >= 0.3 is 0 Å². The van der Waals surface area contributed by atoms with Crippen LogP contribution in [0.2, 0.25) is 5.02 Å². The molecule has 6 nitrogen and oxygen atoms in total. The highest BCUT2D eigenvalue weighted by Gasteiger charge is 2.30. The Morgan fingerprint density at radius 2 is 1.71 bits per heavy atom. The maximum Gasteiger partial charge on any atom is 0.267 e. The quantitative estimate of drug-likeness (QED) is 0.635. The number of benzene rings is 2. The van der Waals surface area contributed by atoms with E-state index in [4.69, 9.17) is 16.3 Å². The molecule has 0 atom stereocenters. The topological polar surface area (TPSA) is 73.2 Å². The van der Waals surface area contributed by atoms with E-state index in [-0.39, 0.29) is 11.7 Å². The normalized spacial score (nSPS) is 11.1. The van der Waals surface area contributed by atoms with Crippen molar-refractivity contribution in [1.29, 1.82) is 0 Å². The second-order valence-electron chi connectivity index (χ2n) is 6.79. The monoisotopic (exact) mass is 397 g/mol. The number of amides is 1. The summed E-state index contributed by atoms with van der Waals surface area (Å²) in [5, 5.41) is 3.40. The number of aryl methyl sites for hydroxylation is 1. The molecule has 7 heteroatoms. The van der Waals surface area contributed by atoms with E-state index in [1.54, 1.807) is 86.4 Å². The number of hydrogen-bond donors (Lipinski definition) is 1. The zero-order chi connectivity index (χ0) is 20.3. The van der Waals surface area contributed by atoms with Crippen LogP contribution in [0.3, 0.4) is 0 Å². The Hall–Kier alpha value is -3.12. The van der Waals surface area contributed by atoms with Crippen molar-refractivity contribution >= 4 is 29.0 Å². The number of imidazole rings is 1. The van der Waals surface area contributed by atoms with Crippen LogP contribution in [0.15, 0.2) is 60.9 Å². The molecular formula is C21H20ClN3O3. The van der Waals surface area contributed by atoms with Gasteiger partial charge in [0, 0.05) is 35.7 Å². The Morgan fingerprint density at radius 3 is 2.29 bits per heavy atom. The highest BCUT2D eigenvalue weighted by molar-refractivity contribution is 6.30. The summed E-state index contributed by atoms with van der Waals surface area (Å²) in [6.45, 7) is 3.35. The van der Waals surface area contributed by atoms with Gasteiger partial charge in [0.15, 0.2) is 11.4 Å². The summed E-state index contributed by atoms with van der Waals surface area (Å²) in [4.78, 5) is 29.1. The minimum Gasteiger partial charge on any atom is -0.478 e. The number of hydrogen-bond acceptors (Lipinski definition) is 4. The number of aromatic nitrogens is 2. The zero-order valence-corrected chi connectivity index (χ0v) is 16.5. The third-order valence-electron chi connectivity index (χ3n) is 4.16. The number of rotatable bonds is 6. The van der Waals surface area contributed by atoms with E-state index in [2.05, 4.69) is 10.3 Å². The Labute approximate surface area is 168 Å². The van der Waals surface area contributed by atoms with E-state index < -0.39 is 5.60 Å². The van der Waals surface area contributed by atoms with E-state index in [1.807, 2.05) is 0 Å². The predicted octanol–water partition coefficient (Wildman–Crippen LogP) is 4.10. The van der Waals surface area contributed by atoms with E-state index >= 15 is 0 Å². The lowest BCUT2D eigenvalue weighted by molar-refractivity contribution is -0.128. The summed E-state index contributed by atoms with van der Waals surface area (Å²) in [5.41, 5.74) is -0.0481. The molecule has 3 aromatic rings. The molecule has 1 amide bonds. The highest BCUT2D eigenvalue weighted by atomic mass is 35.5. The van der Waals surface area contributed by atoms with Crippen molar-refractivity contribution in [3.8, 4) is 5.75 Å². The Kier molecular flexibility index (Phi) is 5.51. The van der Waals surface area contributed by atoms with Crippen molar-refractivity contribution in [2.45, 2.75) is 19.4 Å². The minimum atomic E-state index is -1.10. The average molecular weight is 398 g/mol. The fourth-order valence-corrected chi connectivity index (χ4v) is 2.67. The molecule has 2 aromatic carbocycles. The molecule has 0 radical (unpaired) electrons. The van der Waals surface area contributed by atoms with Crippen molar-refractivity contribution < 1.29 is 14.3 Å². The van der Waals surface area contributed by atoms with Crippen LogP contribution in [0.5, 0.6) is 5.75 Å². The summed E-state index contributed by atoms with van der Waals surface area (Å²) >= 11 is 5.86. The van der Waals surface area contributed by atoms with Gasteiger partial charge in [0.2, 0.25) is 5.78 Å². The van der Waals surface area contributed by atoms with Gasteiger partial charge in [0.25, 0.3) is 5.91 Å². The van der Waals surface area contributed by atoms with Crippen LogP contribution >= 0.6 is 11.6 Å². The largest absolute Gasteiger partial charge is 0.478 e. The SMILES string of the molecule is Cn1ccnc1C(=O)c1ccc(NC(=O)C(C)(C)Oc2ccc(Cl)cc2)cc1. The second kappa shape index (κ2) is 7.86. The highest BCUT2D eigenvalue weighted by Crippen LogP contribution is 2.22. The minimum absolute atomic E-state index is 0.184. The molecule has 1 heterocycles. The molecule has 28 heavy (non-hydrogen) atoms. The lowest BCUT2D eigenvalue weighted by Crippen LogP contribution is -2.42. The van der Waals surface area contributed by atoms with Crippen LogP contribution < -0.4 is 10.1 Å². The fraction of sp³-hybridized carbons (Fsp3) is 0.190. The van der Waals surface area contributed by atoms with Crippen LogP contribution in [0.25, 0.3) is 0 Å². The van der Waals surface area contributed by atoms with Gasteiger partial charge in [0.05, 0.1) is 0 Å². The number of carbonyl (C=O) groups excluding carboxylic acids is 2. The fourth-order valence-electron chi connectivity index (χ4n) is 2.54. The molecule has 0 fully saturated rings. The zero-order valence-electron chi connectivity index (χ0n) is 15.8. The summed E-state index contributed by atoms with van der Waals surface area (Å²) < 4.78 is 7.44. The first-order valence-electron chi connectivity index (χ1n) is 8.64. The molecule has 0 aliphatic heterocycles. The van der Waals surface area contributed by atoms with Gasteiger partial charge in [-0.15, -0.1) is 0 Å². The van der Waals surface area contributed by atoms with Crippen LogP contribution in [0, 0.1) is 0 Å². The van der Waals surface area contributed by atoms with Crippen LogP contribution in [0.1, 0.15) is 30.0 Å². The third-order valence-corrected chi connectivity index (χ3v) is 4.41. The molecule has 0 aliphatic carbocycles. The maximum atomic E-state index is 12.6. The lowest BCUT2D eigenvalue weighted by Gasteiger charge is -2.25. The summed E-state index contributed by atoms with van der Waals surface area (Å²) in [7, 11) is 1.76. The number of nitrogens with zero attached hydrogens (tertiary/aromatic N) is 2. The standard InChI is InChI=1S/C21H20ClN3O3/c1-21(2,28-17-10-6-15(22)7-11-17)20(27)24-16-8-4-14(5-9-16)18(26)19-23-12-13-25(19)3/h4-13H,1-3H3,(H,24,27). The van der Waals surface area contributed by atoms with Crippen molar-refractivity contribution in [3.05, 3.63) is 77.3 Å². The van der Waals surface area contributed by atoms with Gasteiger partial charge in [-0.2, -0.15) is 0 Å². The van der Waals surface area contributed by atoms with Gasteiger partial charge in [-0.3, -0.25) is 9.59 Å². The second-order valence-corrected chi connectivity index (χ2v) is 7.23. The van der Waals surface area contributed by atoms with Crippen molar-refractivity contribution in [1.82, 2.24) is 9.55 Å². The third kappa shape index (κ3) is 4.40. The number of ketones is 1. The molecule has 144 valence electrons. The summed E-state index contributed by atoms with van der Waals surface area (Å²) in [5.74, 6) is 0.400. The van der Waals surface area contributed by atoms with Crippen LogP contribution in [-0.2, 0) is 11.8 Å². The Balaban J connectivity index is 1.67. The molecule has 0 spiro atoms. The van der Waals surface area contributed by atoms with E-state index in [0.29, 0.717) is 27.8 Å². The van der Waals surface area contributed by atoms with E-state index in [0.717, 1.165) is 0 Å². The number of nitrogens with one attached hydrogen (secondary N) is 1. The molecule has 0 aliphatic rings. The maximum absolute atomic E-state index is 12.6. The van der Waals surface area contributed by atoms with Crippen LogP contribution in [-0.4, -0.2) is 26.8 Å². The van der Waals surface area contributed by atoms with E-state index in [9.17, 15) is 9.59 Å². The Bertz CT molecular complexity index is 992. The smallest absolute Gasteiger partial charge is 0.267 e. The first kappa shape index (κ1) is 19.6. The van der Waals surface area contributed by atoms with Gasteiger partial charge in [-0.1, -0.05) is 11.6 Å². The summed E-state index contributed by atoms with van der Waals surface area (Å²) in [6, 6.07) is 13.5. The average Bonchev–Trinajstić information content (AvgIpc) is 3.09. The summed E-state index contributed by atoms with van der Waals surface area (Å²) in [6.07, 6.45) is 3.29. The van der Waals surface area contributed by atoms with Crippen molar-refractivity contribution in [3.63, 3.8) is 0 Å². The molecule has 0 saturated heterocycles. The Morgan fingerprint density at radius 1 is 1.07 bits per heavy atom. The van der Waals surface area contributed by atoms with Crippen molar-refractivity contribution in [2.75, 3.05) is 5.32 Å². The van der Waals surface area contributed by atoms with Crippen molar-refractivity contribution in [2.24, 2.45) is 7.05 Å². The predicted molar refractivity (Wildman–Crippen MR) is 108 cm³/mol. The van der Waals surface area contributed by atoms with Gasteiger partial charge in [-0.25, -0.2) is 4.98 Å².